The van der Waals surface area contributed by atoms with Crippen molar-refractivity contribution in [3.8, 4) is 0 Å². The first kappa shape index (κ1) is 17.1. The highest BCUT2D eigenvalue weighted by Crippen LogP contribution is 2.44. The minimum atomic E-state index is -0.738. The highest BCUT2D eigenvalue weighted by molar-refractivity contribution is 6.36. The van der Waals surface area contributed by atoms with Gasteiger partial charge in [-0.1, -0.05) is 30.1 Å². The van der Waals surface area contributed by atoms with Crippen LogP contribution in [0.3, 0.4) is 0 Å². The number of hydrazine groups is 1. The molecule has 120 valence electrons. The van der Waals surface area contributed by atoms with Crippen LogP contribution in [-0.4, -0.2) is 24.9 Å². The molecular weight excluding hydrogens is 327 g/mol. The molecule has 0 bridgehead atoms. The van der Waals surface area contributed by atoms with Gasteiger partial charge in [-0.2, -0.15) is 0 Å². The Bertz CT molecular complexity index is 607. The molecule has 0 radical (unpaired) electrons. The number of hydrogen-bond donors (Lipinski definition) is 1. The zero-order chi connectivity index (χ0) is 16.4. The van der Waals surface area contributed by atoms with Gasteiger partial charge in [0.1, 0.15) is 11.8 Å². The van der Waals surface area contributed by atoms with Gasteiger partial charge < -0.3 is 4.74 Å². The maximum absolute atomic E-state index is 12.5. The number of carbonyl (C=O) groups excluding carboxylic acids is 2. The Morgan fingerprint density at radius 2 is 2.09 bits per heavy atom. The molecule has 2 N–H and O–H groups in total. The molecule has 2 rings (SSSR count). The molecule has 0 saturated carbocycles. The number of halogens is 2. The number of nitrogens with two attached hydrogens (primary N) is 1. The maximum atomic E-state index is 12.5. The largest absolute Gasteiger partial charge is 0.467 e. The Kier molecular flexibility index (Phi) is 5.32. The number of methoxy groups -OCH3 is 1. The number of nitrogens with zero attached hydrogens (tertiary/aromatic N) is 1. The van der Waals surface area contributed by atoms with Gasteiger partial charge in [-0.3, -0.25) is 9.80 Å². The second kappa shape index (κ2) is 6.86. The molecule has 0 spiro atoms. The number of carbonyl (C=O) groups is 2. The van der Waals surface area contributed by atoms with E-state index in [1.807, 2.05) is 6.92 Å². The second-order valence-corrected chi connectivity index (χ2v) is 6.11. The lowest BCUT2D eigenvalue weighted by molar-refractivity contribution is -0.142. The van der Waals surface area contributed by atoms with Gasteiger partial charge in [-0.05, 0) is 25.0 Å². The Morgan fingerprint density at radius 1 is 1.41 bits per heavy atom. The van der Waals surface area contributed by atoms with Gasteiger partial charge in [0, 0.05) is 27.9 Å². The van der Waals surface area contributed by atoms with E-state index < -0.39 is 17.9 Å². The minimum absolute atomic E-state index is 0.0370. The van der Waals surface area contributed by atoms with E-state index in [2.05, 4.69) is 0 Å². The predicted octanol–water partition coefficient (Wildman–Crippen LogP) is 3.07. The third-order valence-corrected chi connectivity index (χ3v) is 4.38. The predicted molar refractivity (Wildman–Crippen MR) is 86.2 cm³/mol. The van der Waals surface area contributed by atoms with Crippen LogP contribution >= 0.6 is 23.2 Å². The van der Waals surface area contributed by atoms with Gasteiger partial charge in [-0.15, -0.1) is 0 Å². The molecule has 0 saturated heterocycles. The number of ether oxygens (including phenoxy) is 1. The Morgan fingerprint density at radius 3 is 2.68 bits per heavy atom. The van der Waals surface area contributed by atoms with E-state index in [1.165, 1.54) is 12.1 Å². The maximum Gasteiger partial charge on any atom is 0.330 e. The van der Waals surface area contributed by atoms with E-state index in [1.54, 1.807) is 12.1 Å². The van der Waals surface area contributed by atoms with E-state index in [0.717, 1.165) is 6.42 Å². The second-order valence-electron chi connectivity index (χ2n) is 5.27. The molecule has 7 heteroatoms. The fraction of sp³-hybridized carbons (Fsp3) is 0.467. The van der Waals surface area contributed by atoms with E-state index >= 15 is 0 Å². The number of anilines is 1. The molecule has 0 aromatic heterocycles. The summed E-state index contributed by atoms with van der Waals surface area (Å²) in [6.07, 6.45) is 1.39. The first-order valence-electron chi connectivity index (χ1n) is 7.04. The van der Waals surface area contributed by atoms with Crippen LogP contribution in [0.4, 0.5) is 5.69 Å². The van der Waals surface area contributed by atoms with Crippen LogP contribution in [0, 0.1) is 0 Å². The first-order valence-corrected chi connectivity index (χ1v) is 7.79. The van der Waals surface area contributed by atoms with Crippen molar-refractivity contribution in [2.45, 2.75) is 38.1 Å². The van der Waals surface area contributed by atoms with Crippen molar-refractivity contribution in [3.63, 3.8) is 0 Å². The van der Waals surface area contributed by atoms with Gasteiger partial charge in [-0.25, -0.2) is 10.6 Å². The van der Waals surface area contributed by atoms with Gasteiger partial charge in [0.2, 0.25) is 0 Å². The molecule has 1 aromatic rings. The monoisotopic (exact) mass is 344 g/mol. The van der Waals surface area contributed by atoms with Gasteiger partial charge >= 0.3 is 5.97 Å². The molecule has 0 fully saturated rings. The zero-order valence-electron chi connectivity index (χ0n) is 12.4. The smallest absolute Gasteiger partial charge is 0.330 e. The van der Waals surface area contributed by atoms with E-state index in [0.29, 0.717) is 27.7 Å². The normalized spacial score (nSPS) is 20.5. The van der Waals surface area contributed by atoms with Crippen molar-refractivity contribution >= 4 is 40.6 Å². The number of Topliss-reactive ketones (excluding diaryl/α,β-unsaturated/α-hetero) is 1. The lowest BCUT2D eigenvalue weighted by Gasteiger charge is -2.37. The number of esters is 1. The minimum Gasteiger partial charge on any atom is -0.467 e. The Labute approximate surface area is 139 Å². The van der Waals surface area contributed by atoms with E-state index in [-0.39, 0.29) is 12.2 Å². The average molecular weight is 345 g/mol. The third-order valence-electron chi connectivity index (χ3n) is 3.85. The fourth-order valence-electron chi connectivity index (χ4n) is 2.81. The summed E-state index contributed by atoms with van der Waals surface area (Å²) in [7, 11) is 1.29. The number of rotatable bonds is 4. The molecule has 1 heterocycles. The highest BCUT2D eigenvalue weighted by Gasteiger charge is 2.40. The van der Waals surface area contributed by atoms with Crippen molar-refractivity contribution < 1.29 is 14.3 Å². The lowest BCUT2D eigenvalue weighted by atomic mass is 9.82. The SMILES string of the molecule is CCCC(=O)[C@H]1C[C@H](C(=O)OC)N(N)c2cc(Cl)cc(Cl)c21. The lowest BCUT2D eigenvalue weighted by Crippen LogP contribution is -2.51. The summed E-state index contributed by atoms with van der Waals surface area (Å²) in [5, 5.41) is 2.07. The summed E-state index contributed by atoms with van der Waals surface area (Å²) in [4.78, 5) is 24.4. The van der Waals surface area contributed by atoms with Crippen molar-refractivity contribution in [1.82, 2.24) is 0 Å². The van der Waals surface area contributed by atoms with E-state index in [9.17, 15) is 9.59 Å². The van der Waals surface area contributed by atoms with Gasteiger partial charge in [0.15, 0.2) is 0 Å². The molecule has 0 aliphatic carbocycles. The van der Waals surface area contributed by atoms with Crippen LogP contribution in [0.5, 0.6) is 0 Å². The Balaban J connectivity index is 2.55. The number of fused-ring (bicyclic) bond motifs is 1. The third kappa shape index (κ3) is 3.07. The molecule has 2 atom stereocenters. The molecular formula is C15H18Cl2N2O3. The van der Waals surface area contributed by atoms with Crippen molar-refractivity contribution in [2.75, 3.05) is 12.1 Å². The molecule has 22 heavy (non-hydrogen) atoms. The first-order chi connectivity index (χ1) is 10.4. The molecule has 1 aromatic carbocycles. The fourth-order valence-corrected chi connectivity index (χ4v) is 3.43. The van der Waals surface area contributed by atoms with Crippen molar-refractivity contribution in [2.24, 2.45) is 5.84 Å². The van der Waals surface area contributed by atoms with Crippen LogP contribution < -0.4 is 10.9 Å². The summed E-state index contributed by atoms with van der Waals surface area (Å²) < 4.78 is 4.79. The number of benzene rings is 1. The molecule has 0 amide bonds. The van der Waals surface area contributed by atoms with Crippen LogP contribution in [0.15, 0.2) is 12.1 Å². The van der Waals surface area contributed by atoms with Crippen molar-refractivity contribution in [3.05, 3.63) is 27.7 Å². The number of ketones is 1. The van der Waals surface area contributed by atoms with Gasteiger partial charge in [0.25, 0.3) is 0 Å². The van der Waals surface area contributed by atoms with Crippen LogP contribution in [0.1, 0.15) is 37.7 Å². The highest BCUT2D eigenvalue weighted by atomic mass is 35.5. The zero-order valence-corrected chi connectivity index (χ0v) is 13.9. The Hall–Kier alpha value is -1.30. The molecule has 1 aliphatic heterocycles. The molecule has 0 unspecified atom stereocenters. The standard InChI is InChI=1S/C15H18Cl2N2O3/c1-3-4-13(20)9-7-12(15(21)22-2)19(18)11-6-8(16)5-10(17)14(9)11/h5-6,9,12H,3-4,7,18H2,1-2H3/t9-,12-/m1/s1. The molecule has 5 nitrogen and oxygen atoms in total. The molecule has 1 aliphatic rings. The number of hydrogen-bond acceptors (Lipinski definition) is 5. The summed E-state index contributed by atoms with van der Waals surface area (Å²) in [5.41, 5.74) is 1.13. The quantitative estimate of drug-likeness (QED) is 0.671. The van der Waals surface area contributed by atoms with Crippen molar-refractivity contribution in [1.29, 1.82) is 0 Å². The topological polar surface area (TPSA) is 72.6 Å². The van der Waals surface area contributed by atoms with Gasteiger partial charge in [0.05, 0.1) is 12.8 Å². The summed E-state index contributed by atoms with van der Waals surface area (Å²) in [5.74, 6) is 5.11. The summed E-state index contributed by atoms with van der Waals surface area (Å²) in [6, 6.07) is 2.46. The summed E-state index contributed by atoms with van der Waals surface area (Å²) in [6.45, 7) is 1.93. The van der Waals surface area contributed by atoms with Crippen LogP contribution in [0.25, 0.3) is 0 Å². The average Bonchev–Trinajstić information content (AvgIpc) is 2.47. The van der Waals surface area contributed by atoms with Crippen LogP contribution in [0.2, 0.25) is 10.0 Å². The summed E-state index contributed by atoms with van der Waals surface area (Å²) >= 11 is 12.3. The van der Waals surface area contributed by atoms with E-state index in [4.69, 9.17) is 33.8 Å². The van der Waals surface area contributed by atoms with Crippen LogP contribution in [-0.2, 0) is 14.3 Å².